The Balaban J connectivity index is 2.17. The molecular weight excluding hydrogens is 467 g/mol. The summed E-state index contributed by atoms with van der Waals surface area (Å²) in [5, 5.41) is 8.59. The number of benzene rings is 1. The van der Waals surface area contributed by atoms with Crippen LogP contribution >= 0.6 is 0 Å². The highest BCUT2D eigenvalue weighted by Crippen LogP contribution is 2.28. The smallest absolute Gasteiger partial charge is 0.466 e. The fraction of sp³-hybridized carbons (Fsp3) is 0.391. The lowest BCUT2D eigenvalue weighted by molar-refractivity contribution is -0.274. The molecule has 1 aromatic heterocycles. The predicted octanol–water partition coefficient (Wildman–Crippen LogP) is 4.27. The normalized spacial score (nSPS) is 12.1. The van der Waals surface area contributed by atoms with Gasteiger partial charge in [-0.15, -0.1) is 13.2 Å². The number of carbonyl (C=O) groups is 2. The highest BCUT2D eigenvalue weighted by atomic mass is 19.4. The van der Waals surface area contributed by atoms with Crippen LogP contribution < -0.4 is 20.7 Å². The number of hydrogen-bond donors (Lipinski definition) is 3. The van der Waals surface area contributed by atoms with E-state index in [1.807, 2.05) is 0 Å². The van der Waals surface area contributed by atoms with Gasteiger partial charge >= 0.3 is 12.3 Å². The van der Waals surface area contributed by atoms with Crippen molar-refractivity contribution in [1.82, 2.24) is 15.3 Å². The van der Waals surface area contributed by atoms with Crippen LogP contribution in [0.25, 0.3) is 6.08 Å². The van der Waals surface area contributed by atoms with Crippen LogP contribution in [0.4, 0.5) is 30.5 Å². The second-order valence-corrected chi connectivity index (χ2v) is 7.23. The summed E-state index contributed by atoms with van der Waals surface area (Å²) in [6.45, 7) is 2.46. The number of hydrogen-bond acceptors (Lipinski definition) is 8. The molecule has 0 fully saturated rings. The molecule has 3 N–H and O–H groups in total. The summed E-state index contributed by atoms with van der Waals surface area (Å²) in [5.74, 6) is -0.123. The molecule has 0 aliphatic carbocycles. The van der Waals surface area contributed by atoms with Gasteiger partial charge in [-0.1, -0.05) is 12.2 Å². The number of esters is 1. The van der Waals surface area contributed by atoms with Crippen LogP contribution in [-0.4, -0.2) is 48.9 Å². The third kappa shape index (κ3) is 9.51. The van der Waals surface area contributed by atoms with Gasteiger partial charge in [0.05, 0.1) is 18.1 Å². The molecule has 0 saturated heterocycles. The fourth-order valence-electron chi connectivity index (χ4n) is 3.18. The Morgan fingerprint density at radius 1 is 1.17 bits per heavy atom. The number of ether oxygens (including phenoxy) is 2. The van der Waals surface area contributed by atoms with E-state index in [9.17, 15) is 22.8 Å². The van der Waals surface area contributed by atoms with Crippen LogP contribution in [0, 0.1) is 5.92 Å². The Kier molecular flexibility index (Phi) is 10.8. The number of amides is 1. The zero-order chi connectivity index (χ0) is 25.7. The fourth-order valence-corrected chi connectivity index (χ4v) is 3.18. The average molecular weight is 496 g/mol. The molecule has 12 heteroatoms. The molecule has 1 atom stereocenters. The number of rotatable bonds is 14. The standard InChI is InChI=1S/C23H28F3N5O4/c1-3-34-22(33)16(7-5-13-28-15-32)6-4-8-19-20(27-2)29-14-30-21(19)31-17-9-11-18(12-10-17)35-23(24,25)26/h4,8-12,14-16H,3,5-7,13H2,1-2H3,(H,28,32)(H2,27,29,30,31)/b8-4+. The first-order valence-electron chi connectivity index (χ1n) is 10.9. The first-order valence-corrected chi connectivity index (χ1v) is 10.9. The van der Waals surface area contributed by atoms with Crippen LogP contribution in [0.2, 0.25) is 0 Å². The molecular formula is C23H28F3N5O4. The monoisotopic (exact) mass is 495 g/mol. The summed E-state index contributed by atoms with van der Waals surface area (Å²) in [6.07, 6.45) is 2.28. The SMILES string of the molecule is CCOC(=O)C(C/C=C/c1c(NC)ncnc1Nc1ccc(OC(F)(F)F)cc1)CCCNC=O. The van der Waals surface area contributed by atoms with Crippen LogP contribution in [-0.2, 0) is 14.3 Å². The Labute approximate surface area is 201 Å². The topological polar surface area (TPSA) is 114 Å². The van der Waals surface area contributed by atoms with E-state index in [2.05, 4.69) is 30.7 Å². The van der Waals surface area contributed by atoms with Gasteiger partial charge in [0.25, 0.3) is 0 Å². The van der Waals surface area contributed by atoms with Crippen LogP contribution in [0.1, 0.15) is 31.7 Å². The van der Waals surface area contributed by atoms with Crippen LogP contribution in [0.5, 0.6) is 5.75 Å². The maximum absolute atomic E-state index is 12.4. The summed E-state index contributed by atoms with van der Waals surface area (Å²) < 4.78 is 46.2. The predicted molar refractivity (Wildman–Crippen MR) is 125 cm³/mol. The summed E-state index contributed by atoms with van der Waals surface area (Å²) in [7, 11) is 1.69. The lowest BCUT2D eigenvalue weighted by Gasteiger charge is -2.14. The minimum absolute atomic E-state index is 0.267. The second kappa shape index (κ2) is 13.8. The van der Waals surface area contributed by atoms with E-state index in [1.165, 1.54) is 30.6 Å². The highest BCUT2D eigenvalue weighted by Gasteiger charge is 2.31. The average Bonchev–Trinajstić information content (AvgIpc) is 2.81. The summed E-state index contributed by atoms with van der Waals surface area (Å²) in [6, 6.07) is 5.24. The van der Waals surface area contributed by atoms with Crippen molar-refractivity contribution < 1.29 is 32.2 Å². The molecule has 0 bridgehead atoms. The van der Waals surface area contributed by atoms with Gasteiger partial charge in [-0.3, -0.25) is 9.59 Å². The van der Waals surface area contributed by atoms with E-state index in [1.54, 1.807) is 26.1 Å². The first-order chi connectivity index (χ1) is 16.8. The molecule has 1 heterocycles. The van der Waals surface area contributed by atoms with E-state index in [4.69, 9.17) is 4.74 Å². The van der Waals surface area contributed by atoms with E-state index >= 15 is 0 Å². The zero-order valence-electron chi connectivity index (χ0n) is 19.4. The quantitative estimate of drug-likeness (QED) is 0.202. The van der Waals surface area contributed by atoms with Crippen molar-refractivity contribution in [1.29, 1.82) is 0 Å². The third-order valence-electron chi connectivity index (χ3n) is 4.75. The van der Waals surface area contributed by atoms with Gasteiger partial charge in [0, 0.05) is 19.3 Å². The molecule has 1 amide bonds. The number of alkyl halides is 3. The van der Waals surface area contributed by atoms with Gasteiger partial charge in [-0.05, 0) is 50.5 Å². The van der Waals surface area contributed by atoms with E-state index in [0.717, 1.165) is 0 Å². The van der Waals surface area contributed by atoms with Crippen LogP contribution in [0.3, 0.4) is 0 Å². The molecule has 0 spiro atoms. The van der Waals surface area contributed by atoms with Gasteiger partial charge in [0.1, 0.15) is 23.7 Å². The Morgan fingerprint density at radius 2 is 1.89 bits per heavy atom. The Morgan fingerprint density at radius 3 is 2.51 bits per heavy atom. The molecule has 1 unspecified atom stereocenters. The highest BCUT2D eigenvalue weighted by molar-refractivity contribution is 5.77. The van der Waals surface area contributed by atoms with Gasteiger partial charge in [-0.2, -0.15) is 0 Å². The molecule has 0 aliphatic heterocycles. The first kappa shape index (κ1) is 27.4. The number of halogens is 3. The van der Waals surface area contributed by atoms with Crippen molar-refractivity contribution in [3.8, 4) is 5.75 Å². The molecule has 35 heavy (non-hydrogen) atoms. The maximum Gasteiger partial charge on any atom is 0.573 e. The molecule has 2 rings (SSSR count). The van der Waals surface area contributed by atoms with Crippen molar-refractivity contribution in [2.75, 3.05) is 30.8 Å². The van der Waals surface area contributed by atoms with Crippen molar-refractivity contribution >= 4 is 35.8 Å². The summed E-state index contributed by atoms with van der Waals surface area (Å²) >= 11 is 0. The van der Waals surface area contributed by atoms with Crippen molar-refractivity contribution in [3.05, 3.63) is 42.2 Å². The Hall–Kier alpha value is -3.83. The van der Waals surface area contributed by atoms with Gasteiger partial charge in [-0.25, -0.2) is 9.97 Å². The summed E-state index contributed by atoms with van der Waals surface area (Å²) in [4.78, 5) is 31.2. The lowest BCUT2D eigenvalue weighted by Crippen LogP contribution is -2.20. The van der Waals surface area contributed by atoms with Crippen molar-refractivity contribution in [2.24, 2.45) is 5.92 Å². The van der Waals surface area contributed by atoms with Gasteiger partial charge < -0.3 is 25.4 Å². The minimum Gasteiger partial charge on any atom is -0.466 e. The van der Waals surface area contributed by atoms with Gasteiger partial charge in [0.15, 0.2) is 0 Å². The molecule has 0 radical (unpaired) electrons. The van der Waals surface area contributed by atoms with Crippen molar-refractivity contribution in [2.45, 2.75) is 32.5 Å². The molecule has 2 aromatic rings. The third-order valence-corrected chi connectivity index (χ3v) is 4.75. The Bertz CT molecular complexity index is 984. The lowest BCUT2D eigenvalue weighted by atomic mass is 9.98. The minimum atomic E-state index is -4.77. The van der Waals surface area contributed by atoms with Gasteiger partial charge in [0.2, 0.25) is 6.41 Å². The second-order valence-electron chi connectivity index (χ2n) is 7.23. The molecule has 1 aromatic carbocycles. The molecule has 190 valence electrons. The largest absolute Gasteiger partial charge is 0.573 e. The van der Waals surface area contributed by atoms with E-state index in [-0.39, 0.29) is 24.2 Å². The number of aromatic nitrogens is 2. The number of nitrogens with zero attached hydrogens (tertiary/aromatic N) is 2. The zero-order valence-corrected chi connectivity index (χ0v) is 19.4. The number of allylic oxidation sites excluding steroid dienone is 1. The van der Waals surface area contributed by atoms with E-state index in [0.29, 0.717) is 55.1 Å². The maximum atomic E-state index is 12.4. The molecule has 0 saturated carbocycles. The molecule has 0 aliphatic rings. The van der Waals surface area contributed by atoms with Crippen molar-refractivity contribution in [3.63, 3.8) is 0 Å². The van der Waals surface area contributed by atoms with E-state index < -0.39 is 6.36 Å². The summed E-state index contributed by atoms with van der Waals surface area (Å²) in [5.41, 5.74) is 1.08. The number of anilines is 3. The molecule has 9 nitrogen and oxygen atoms in total. The number of nitrogens with one attached hydrogen (secondary N) is 3. The van der Waals surface area contributed by atoms with Crippen LogP contribution in [0.15, 0.2) is 36.7 Å². The number of carbonyl (C=O) groups excluding carboxylic acids is 2.